The summed E-state index contributed by atoms with van der Waals surface area (Å²) in [5.41, 5.74) is 5.10. The Morgan fingerprint density at radius 3 is 2.53 bits per heavy atom. The molecule has 3 N–H and O–H groups in total. The van der Waals surface area contributed by atoms with Crippen LogP contribution in [0, 0.1) is 11.3 Å². The van der Waals surface area contributed by atoms with Crippen molar-refractivity contribution < 1.29 is 5.11 Å². The van der Waals surface area contributed by atoms with E-state index in [1.54, 1.807) is 0 Å². The normalized spacial score (nSPS) is 33.8. The zero-order valence-corrected chi connectivity index (χ0v) is 10.6. The Kier molecular flexibility index (Phi) is 4.19. The molecule has 2 atom stereocenters. The summed E-state index contributed by atoms with van der Waals surface area (Å²) < 4.78 is 0. The van der Waals surface area contributed by atoms with Crippen molar-refractivity contribution in [1.82, 2.24) is 0 Å². The Bertz CT molecular complexity index is 203. The summed E-state index contributed by atoms with van der Waals surface area (Å²) in [6.07, 6.45) is 6.69. The molecule has 2 nitrogen and oxygen atoms in total. The predicted octanol–water partition coefficient (Wildman–Crippen LogP) is 2.69. The first-order valence-electron chi connectivity index (χ1n) is 6.37. The third-order valence-electron chi connectivity index (χ3n) is 4.52. The van der Waals surface area contributed by atoms with Gasteiger partial charge in [-0.1, -0.05) is 40.0 Å². The third-order valence-corrected chi connectivity index (χ3v) is 4.52. The molecule has 0 spiro atoms. The highest BCUT2D eigenvalue weighted by Gasteiger charge is 2.42. The van der Waals surface area contributed by atoms with Gasteiger partial charge in [-0.3, -0.25) is 0 Å². The second kappa shape index (κ2) is 4.84. The molecule has 1 saturated carbocycles. The van der Waals surface area contributed by atoms with Crippen LogP contribution in [-0.2, 0) is 0 Å². The van der Waals surface area contributed by atoms with Gasteiger partial charge < -0.3 is 10.8 Å². The highest BCUT2D eigenvalue weighted by Crippen LogP contribution is 2.42. The number of aliphatic hydroxyl groups is 1. The Hall–Kier alpha value is -0.0800. The maximum Gasteiger partial charge on any atom is 0.0710 e. The van der Waals surface area contributed by atoms with E-state index in [0.717, 1.165) is 31.6 Å². The molecule has 0 amide bonds. The van der Waals surface area contributed by atoms with E-state index in [2.05, 4.69) is 20.8 Å². The minimum atomic E-state index is -0.536. The van der Waals surface area contributed by atoms with Crippen LogP contribution in [0.25, 0.3) is 0 Å². The molecule has 0 saturated heterocycles. The third kappa shape index (κ3) is 2.73. The monoisotopic (exact) mass is 213 g/mol. The molecule has 0 aromatic rings. The fraction of sp³-hybridized carbons (Fsp3) is 1.00. The number of hydrogen-bond donors (Lipinski definition) is 2. The van der Waals surface area contributed by atoms with Crippen LogP contribution in [0.2, 0.25) is 0 Å². The zero-order chi connectivity index (χ0) is 11.5. The lowest BCUT2D eigenvalue weighted by molar-refractivity contribution is -0.0745. The summed E-state index contributed by atoms with van der Waals surface area (Å²) in [6, 6.07) is 0. The van der Waals surface area contributed by atoms with Crippen molar-refractivity contribution in [2.24, 2.45) is 17.1 Å². The van der Waals surface area contributed by atoms with Gasteiger partial charge in [0.25, 0.3) is 0 Å². The largest absolute Gasteiger partial charge is 0.389 e. The van der Waals surface area contributed by atoms with Gasteiger partial charge in [-0.05, 0) is 25.2 Å². The molecule has 1 rings (SSSR count). The Morgan fingerprint density at radius 2 is 2.00 bits per heavy atom. The van der Waals surface area contributed by atoms with Crippen LogP contribution in [-0.4, -0.2) is 17.3 Å². The molecule has 2 unspecified atom stereocenters. The fourth-order valence-corrected chi connectivity index (χ4v) is 2.67. The van der Waals surface area contributed by atoms with E-state index in [0.29, 0.717) is 6.54 Å². The molecule has 1 aliphatic rings. The fourth-order valence-electron chi connectivity index (χ4n) is 2.67. The lowest BCUT2D eigenvalue weighted by atomic mass is 9.70. The van der Waals surface area contributed by atoms with Gasteiger partial charge in [0.2, 0.25) is 0 Å². The molecule has 0 heterocycles. The van der Waals surface area contributed by atoms with E-state index in [-0.39, 0.29) is 5.41 Å². The van der Waals surface area contributed by atoms with E-state index in [1.165, 1.54) is 12.8 Å². The average molecular weight is 213 g/mol. The average Bonchev–Trinajstić information content (AvgIpc) is 2.41. The molecule has 2 heteroatoms. The topological polar surface area (TPSA) is 46.2 Å². The first-order valence-corrected chi connectivity index (χ1v) is 6.37. The summed E-state index contributed by atoms with van der Waals surface area (Å²) in [6.45, 7) is 7.02. The van der Waals surface area contributed by atoms with Gasteiger partial charge in [-0.25, -0.2) is 0 Å². The highest BCUT2D eigenvalue weighted by atomic mass is 16.3. The summed E-state index contributed by atoms with van der Waals surface area (Å²) in [4.78, 5) is 0. The van der Waals surface area contributed by atoms with Crippen molar-refractivity contribution in [3.8, 4) is 0 Å². The van der Waals surface area contributed by atoms with Gasteiger partial charge in [0.15, 0.2) is 0 Å². The summed E-state index contributed by atoms with van der Waals surface area (Å²) >= 11 is 0. The van der Waals surface area contributed by atoms with E-state index in [1.807, 2.05) is 0 Å². The van der Waals surface area contributed by atoms with Crippen LogP contribution >= 0.6 is 0 Å². The van der Waals surface area contributed by atoms with Crippen molar-refractivity contribution in [3.05, 3.63) is 0 Å². The standard InChI is InChI=1S/C13H27NO/c1-4-11-6-5-8-13(15,9-7-11)12(2,3)10-14/h11,15H,4-10,14H2,1-3H3. The molecular weight excluding hydrogens is 186 g/mol. The SMILES string of the molecule is CCC1CCCC(O)(C(C)(C)CN)CC1. The smallest absolute Gasteiger partial charge is 0.0710 e. The second-order valence-electron chi connectivity index (χ2n) is 5.82. The highest BCUT2D eigenvalue weighted by molar-refractivity contribution is 4.95. The van der Waals surface area contributed by atoms with Gasteiger partial charge in [0, 0.05) is 12.0 Å². The molecule has 15 heavy (non-hydrogen) atoms. The molecule has 1 fully saturated rings. The molecule has 0 radical (unpaired) electrons. The number of rotatable bonds is 3. The van der Waals surface area contributed by atoms with E-state index >= 15 is 0 Å². The first-order chi connectivity index (χ1) is 6.95. The molecule has 0 aromatic carbocycles. The zero-order valence-electron chi connectivity index (χ0n) is 10.6. The molecule has 1 aliphatic carbocycles. The second-order valence-corrected chi connectivity index (χ2v) is 5.82. The maximum absolute atomic E-state index is 10.7. The minimum Gasteiger partial charge on any atom is -0.389 e. The quantitative estimate of drug-likeness (QED) is 0.708. The Labute approximate surface area is 94.2 Å². The lowest BCUT2D eigenvalue weighted by Crippen LogP contribution is -2.48. The number of nitrogens with two attached hydrogens (primary N) is 1. The van der Waals surface area contributed by atoms with E-state index in [4.69, 9.17) is 5.73 Å². The lowest BCUT2D eigenvalue weighted by Gasteiger charge is -2.42. The van der Waals surface area contributed by atoms with Crippen molar-refractivity contribution in [1.29, 1.82) is 0 Å². The Morgan fingerprint density at radius 1 is 1.33 bits per heavy atom. The summed E-state index contributed by atoms with van der Waals surface area (Å²) in [5.74, 6) is 0.813. The van der Waals surface area contributed by atoms with Crippen molar-refractivity contribution in [3.63, 3.8) is 0 Å². The van der Waals surface area contributed by atoms with Crippen LogP contribution < -0.4 is 5.73 Å². The molecule has 0 bridgehead atoms. The summed E-state index contributed by atoms with van der Waals surface area (Å²) in [7, 11) is 0. The molecule has 0 aliphatic heterocycles. The van der Waals surface area contributed by atoms with E-state index in [9.17, 15) is 5.11 Å². The van der Waals surface area contributed by atoms with Crippen LogP contribution in [0.1, 0.15) is 59.3 Å². The van der Waals surface area contributed by atoms with Gasteiger partial charge in [0.1, 0.15) is 0 Å². The van der Waals surface area contributed by atoms with Crippen LogP contribution in [0.4, 0.5) is 0 Å². The molecular formula is C13H27NO. The first kappa shape index (κ1) is 13.0. The predicted molar refractivity (Wildman–Crippen MR) is 64.7 cm³/mol. The molecule has 90 valence electrons. The maximum atomic E-state index is 10.7. The van der Waals surface area contributed by atoms with Crippen molar-refractivity contribution in [2.75, 3.05) is 6.54 Å². The van der Waals surface area contributed by atoms with E-state index < -0.39 is 5.60 Å². The van der Waals surface area contributed by atoms with Crippen LogP contribution in [0.5, 0.6) is 0 Å². The van der Waals surface area contributed by atoms with Crippen molar-refractivity contribution in [2.45, 2.75) is 64.9 Å². The Balaban J connectivity index is 2.69. The van der Waals surface area contributed by atoms with Crippen LogP contribution in [0.3, 0.4) is 0 Å². The van der Waals surface area contributed by atoms with Gasteiger partial charge >= 0.3 is 0 Å². The van der Waals surface area contributed by atoms with Gasteiger partial charge in [0.05, 0.1) is 5.60 Å². The summed E-state index contributed by atoms with van der Waals surface area (Å²) in [5, 5.41) is 10.7. The van der Waals surface area contributed by atoms with Gasteiger partial charge in [-0.2, -0.15) is 0 Å². The van der Waals surface area contributed by atoms with Gasteiger partial charge in [-0.15, -0.1) is 0 Å². The number of hydrogen-bond acceptors (Lipinski definition) is 2. The minimum absolute atomic E-state index is 0.143. The van der Waals surface area contributed by atoms with Crippen molar-refractivity contribution >= 4 is 0 Å². The van der Waals surface area contributed by atoms with Crippen LogP contribution in [0.15, 0.2) is 0 Å². The molecule has 0 aromatic heterocycles.